The van der Waals surface area contributed by atoms with Crippen molar-refractivity contribution in [3.63, 3.8) is 0 Å². The number of amides is 1. The van der Waals surface area contributed by atoms with Crippen LogP contribution in [-0.2, 0) is 9.59 Å². The maximum absolute atomic E-state index is 12.1. The first-order chi connectivity index (χ1) is 7.23. The minimum atomic E-state index is -1.06. The number of hydrogen-bond acceptors (Lipinski definition) is 3. The number of nitrogens with one attached hydrogen (secondary N) is 1. The van der Waals surface area contributed by atoms with Crippen LogP contribution in [0.3, 0.4) is 0 Å². The molecule has 1 saturated heterocycles. The number of β-lactam (4-membered cyclic amide) rings is 1. The van der Waals surface area contributed by atoms with Gasteiger partial charge in [0.05, 0.1) is 12.0 Å². The summed E-state index contributed by atoms with van der Waals surface area (Å²) in [5.41, 5.74) is -1.23. The molecule has 0 bridgehead atoms. The summed E-state index contributed by atoms with van der Waals surface area (Å²) in [6, 6.07) is 0. The maximum atomic E-state index is 12.1. The third kappa shape index (κ3) is 1.14. The van der Waals surface area contributed by atoms with Crippen molar-refractivity contribution in [1.29, 1.82) is 0 Å². The van der Waals surface area contributed by atoms with Gasteiger partial charge >= 0.3 is 0 Å². The van der Waals surface area contributed by atoms with Crippen LogP contribution in [0.4, 0.5) is 0 Å². The fourth-order valence-electron chi connectivity index (χ4n) is 3.08. The Kier molecular flexibility index (Phi) is 2.22. The minimum absolute atomic E-state index is 0.0781. The van der Waals surface area contributed by atoms with Crippen molar-refractivity contribution in [1.82, 2.24) is 5.32 Å². The van der Waals surface area contributed by atoms with Gasteiger partial charge in [-0.1, -0.05) is 27.7 Å². The van der Waals surface area contributed by atoms with Crippen LogP contribution in [0.5, 0.6) is 0 Å². The highest BCUT2D eigenvalue weighted by atomic mass is 16.3. The molecule has 0 aromatic carbocycles. The minimum Gasteiger partial charge on any atom is -0.383 e. The lowest BCUT2D eigenvalue weighted by molar-refractivity contribution is -0.171. The monoisotopic (exact) mass is 225 g/mol. The van der Waals surface area contributed by atoms with Crippen LogP contribution in [-0.4, -0.2) is 28.4 Å². The second kappa shape index (κ2) is 3.06. The summed E-state index contributed by atoms with van der Waals surface area (Å²) < 4.78 is 0. The van der Waals surface area contributed by atoms with Crippen LogP contribution in [0.1, 0.15) is 34.1 Å². The third-order valence-electron chi connectivity index (χ3n) is 4.90. The molecule has 2 rings (SSSR count). The largest absolute Gasteiger partial charge is 0.383 e. The number of carbonyl (C=O) groups is 2. The molecule has 1 spiro atoms. The van der Waals surface area contributed by atoms with Crippen LogP contribution in [0.2, 0.25) is 0 Å². The van der Waals surface area contributed by atoms with E-state index in [4.69, 9.17) is 0 Å². The zero-order valence-corrected chi connectivity index (χ0v) is 10.2. The Bertz CT molecular complexity index is 353. The van der Waals surface area contributed by atoms with E-state index >= 15 is 0 Å². The molecule has 1 amide bonds. The summed E-state index contributed by atoms with van der Waals surface area (Å²) in [7, 11) is 0. The van der Waals surface area contributed by atoms with Gasteiger partial charge in [-0.15, -0.1) is 0 Å². The van der Waals surface area contributed by atoms with E-state index in [9.17, 15) is 14.7 Å². The van der Waals surface area contributed by atoms with Crippen molar-refractivity contribution >= 4 is 11.7 Å². The standard InChI is InChI=1S/C12H19NO3/c1-6-7(2)12(5-8(14)13-12)10(16)9(15)11(6,3)4/h6-7,10,16H,5H2,1-4H3,(H,13,14). The number of aliphatic hydroxyl groups excluding tert-OH is 1. The number of rotatable bonds is 0. The smallest absolute Gasteiger partial charge is 0.223 e. The number of carbonyl (C=O) groups excluding carboxylic acids is 2. The van der Waals surface area contributed by atoms with E-state index in [0.29, 0.717) is 0 Å². The van der Waals surface area contributed by atoms with Gasteiger partial charge in [0.15, 0.2) is 5.78 Å². The SMILES string of the molecule is CC1C(C)C2(CC(=O)N2)C(O)C(=O)C1(C)C. The van der Waals surface area contributed by atoms with Crippen molar-refractivity contribution in [2.75, 3.05) is 0 Å². The number of Topliss-reactive ketones (excluding diaryl/α,β-unsaturated/α-hetero) is 1. The van der Waals surface area contributed by atoms with Crippen molar-refractivity contribution in [3.8, 4) is 0 Å². The van der Waals surface area contributed by atoms with Gasteiger partial charge < -0.3 is 10.4 Å². The third-order valence-corrected chi connectivity index (χ3v) is 4.90. The Morgan fingerprint density at radius 1 is 1.25 bits per heavy atom. The quantitative estimate of drug-likeness (QED) is 0.589. The van der Waals surface area contributed by atoms with Gasteiger partial charge in [-0.25, -0.2) is 0 Å². The van der Waals surface area contributed by atoms with Crippen LogP contribution >= 0.6 is 0 Å². The molecule has 4 nitrogen and oxygen atoms in total. The molecule has 2 aliphatic rings. The first kappa shape index (κ1) is 11.6. The average molecular weight is 225 g/mol. The fourth-order valence-corrected chi connectivity index (χ4v) is 3.08. The van der Waals surface area contributed by atoms with Gasteiger partial charge in [-0.05, 0) is 11.8 Å². The van der Waals surface area contributed by atoms with Gasteiger partial charge in [-0.3, -0.25) is 9.59 Å². The summed E-state index contributed by atoms with van der Waals surface area (Å²) in [6.45, 7) is 7.75. The number of ketones is 1. The van der Waals surface area contributed by atoms with Gasteiger partial charge in [0, 0.05) is 5.41 Å². The summed E-state index contributed by atoms with van der Waals surface area (Å²) in [6.07, 6.45) is -0.798. The molecule has 1 aliphatic carbocycles. The molecule has 1 aliphatic heterocycles. The van der Waals surface area contributed by atoms with Gasteiger partial charge in [0.2, 0.25) is 5.91 Å². The average Bonchev–Trinajstić information content (AvgIpc) is 2.18. The van der Waals surface area contributed by atoms with E-state index in [-0.39, 0.29) is 29.9 Å². The normalized spacial score (nSPS) is 46.4. The predicted octanol–water partition coefficient (Wildman–Crippen LogP) is 0.487. The Balaban J connectivity index is 2.38. The topological polar surface area (TPSA) is 66.4 Å². The Hall–Kier alpha value is -0.900. The van der Waals surface area contributed by atoms with E-state index in [1.165, 1.54) is 0 Å². The lowest BCUT2D eigenvalue weighted by Gasteiger charge is -2.58. The molecule has 1 saturated carbocycles. The molecular formula is C12H19NO3. The lowest BCUT2D eigenvalue weighted by atomic mass is 9.53. The molecule has 4 heteroatoms. The van der Waals surface area contributed by atoms with E-state index < -0.39 is 17.1 Å². The lowest BCUT2D eigenvalue weighted by Crippen LogP contribution is -2.77. The van der Waals surface area contributed by atoms with E-state index in [1.54, 1.807) is 0 Å². The molecule has 90 valence electrons. The molecule has 4 unspecified atom stereocenters. The molecule has 0 aromatic rings. The summed E-state index contributed by atoms with van der Waals surface area (Å²) in [5.74, 6) is 0.0145. The molecular weight excluding hydrogens is 206 g/mol. The van der Waals surface area contributed by atoms with Gasteiger partial charge in [0.1, 0.15) is 6.10 Å². The highest BCUT2D eigenvalue weighted by Gasteiger charge is 2.63. The van der Waals surface area contributed by atoms with Crippen LogP contribution < -0.4 is 5.32 Å². The van der Waals surface area contributed by atoms with Crippen molar-refractivity contribution in [3.05, 3.63) is 0 Å². The summed E-state index contributed by atoms with van der Waals surface area (Å²) in [4.78, 5) is 23.2. The molecule has 16 heavy (non-hydrogen) atoms. The second-order valence-corrected chi connectivity index (χ2v) is 5.83. The molecule has 0 aromatic heterocycles. The van der Waals surface area contributed by atoms with Crippen molar-refractivity contribution in [2.24, 2.45) is 17.3 Å². The van der Waals surface area contributed by atoms with E-state index in [2.05, 4.69) is 5.32 Å². The molecule has 2 N–H and O–H groups in total. The first-order valence-electron chi connectivity index (χ1n) is 5.77. The Morgan fingerprint density at radius 2 is 1.75 bits per heavy atom. The van der Waals surface area contributed by atoms with E-state index in [0.717, 1.165) is 0 Å². The highest BCUT2D eigenvalue weighted by molar-refractivity contribution is 5.96. The summed E-state index contributed by atoms with van der Waals surface area (Å²) >= 11 is 0. The van der Waals surface area contributed by atoms with Crippen LogP contribution in [0, 0.1) is 17.3 Å². The van der Waals surface area contributed by atoms with Crippen LogP contribution in [0.15, 0.2) is 0 Å². The number of hydrogen-bond donors (Lipinski definition) is 2. The molecule has 2 fully saturated rings. The fraction of sp³-hybridized carbons (Fsp3) is 0.833. The molecule has 4 atom stereocenters. The highest BCUT2D eigenvalue weighted by Crippen LogP contribution is 2.49. The van der Waals surface area contributed by atoms with Crippen molar-refractivity contribution in [2.45, 2.75) is 45.8 Å². The number of aliphatic hydroxyl groups is 1. The van der Waals surface area contributed by atoms with Crippen molar-refractivity contribution < 1.29 is 14.7 Å². The molecule has 0 radical (unpaired) electrons. The maximum Gasteiger partial charge on any atom is 0.223 e. The summed E-state index contributed by atoms with van der Waals surface area (Å²) in [5, 5.41) is 12.9. The van der Waals surface area contributed by atoms with Gasteiger partial charge in [0.25, 0.3) is 0 Å². The molecule has 1 heterocycles. The van der Waals surface area contributed by atoms with Gasteiger partial charge in [-0.2, -0.15) is 0 Å². The zero-order chi connectivity index (χ0) is 12.3. The second-order valence-electron chi connectivity index (χ2n) is 5.83. The zero-order valence-electron chi connectivity index (χ0n) is 10.2. The Labute approximate surface area is 95.4 Å². The first-order valence-corrected chi connectivity index (χ1v) is 5.77. The Morgan fingerprint density at radius 3 is 2.19 bits per heavy atom. The van der Waals surface area contributed by atoms with E-state index in [1.807, 2.05) is 27.7 Å². The van der Waals surface area contributed by atoms with Crippen LogP contribution in [0.25, 0.3) is 0 Å². The predicted molar refractivity (Wildman–Crippen MR) is 58.6 cm³/mol.